The molecule has 1 aliphatic carbocycles. The Kier molecular flexibility index (Phi) is 5.34. The first-order chi connectivity index (χ1) is 14.1. The zero-order chi connectivity index (χ0) is 20.4. The number of nitrogens with zero attached hydrogens (tertiary/aromatic N) is 2. The van der Waals surface area contributed by atoms with Gasteiger partial charge in [0.05, 0.1) is 24.3 Å². The lowest BCUT2D eigenvalue weighted by Crippen LogP contribution is -2.26. The van der Waals surface area contributed by atoms with E-state index in [-0.39, 0.29) is 11.6 Å². The number of carbonyl (C=O) groups is 1. The van der Waals surface area contributed by atoms with E-state index in [0.717, 1.165) is 47.3 Å². The molecule has 0 saturated carbocycles. The summed E-state index contributed by atoms with van der Waals surface area (Å²) in [6.45, 7) is 5.50. The van der Waals surface area contributed by atoms with Crippen LogP contribution in [0.5, 0.6) is 0 Å². The van der Waals surface area contributed by atoms with Gasteiger partial charge >= 0.3 is 11.6 Å². The summed E-state index contributed by atoms with van der Waals surface area (Å²) in [5.41, 5.74) is 4.55. The van der Waals surface area contributed by atoms with E-state index in [1.807, 2.05) is 37.3 Å². The maximum Gasteiger partial charge on any atom is 0.346 e. The number of ether oxygens (including phenoxy) is 1. The van der Waals surface area contributed by atoms with Gasteiger partial charge in [-0.3, -0.25) is 9.78 Å². The van der Waals surface area contributed by atoms with E-state index in [2.05, 4.69) is 9.88 Å². The largest absolute Gasteiger partial charge is 0.466 e. The summed E-state index contributed by atoms with van der Waals surface area (Å²) in [6, 6.07) is 9.83. The zero-order valence-corrected chi connectivity index (χ0v) is 16.7. The van der Waals surface area contributed by atoms with Crippen molar-refractivity contribution < 1.29 is 13.9 Å². The van der Waals surface area contributed by atoms with Gasteiger partial charge in [0.1, 0.15) is 5.58 Å². The average molecular weight is 392 g/mol. The number of aryl methyl sites for hydroxylation is 2. The summed E-state index contributed by atoms with van der Waals surface area (Å²) in [5.74, 6) is -0.210. The third-order valence-electron chi connectivity index (χ3n) is 5.41. The van der Waals surface area contributed by atoms with Crippen LogP contribution in [0.25, 0.3) is 22.2 Å². The molecule has 6 nitrogen and oxygen atoms in total. The topological polar surface area (TPSA) is 72.6 Å². The van der Waals surface area contributed by atoms with Crippen LogP contribution in [0.3, 0.4) is 0 Å². The van der Waals surface area contributed by atoms with Crippen LogP contribution >= 0.6 is 0 Å². The molecule has 3 aromatic rings. The summed E-state index contributed by atoms with van der Waals surface area (Å²) in [6.07, 6.45) is 3.67. The van der Waals surface area contributed by atoms with Gasteiger partial charge in [-0.2, -0.15) is 0 Å². The lowest BCUT2D eigenvalue weighted by Gasteiger charge is -2.24. The van der Waals surface area contributed by atoms with E-state index in [9.17, 15) is 9.59 Å². The second-order valence-corrected chi connectivity index (χ2v) is 7.07. The normalized spacial score (nSPS) is 12.3. The second-order valence-electron chi connectivity index (χ2n) is 7.07. The molecule has 0 amide bonds. The van der Waals surface area contributed by atoms with E-state index in [1.54, 1.807) is 13.1 Å². The van der Waals surface area contributed by atoms with Gasteiger partial charge in [0.2, 0.25) is 0 Å². The summed E-state index contributed by atoms with van der Waals surface area (Å²) >= 11 is 0. The third-order valence-corrected chi connectivity index (χ3v) is 5.41. The summed E-state index contributed by atoms with van der Waals surface area (Å²) in [5, 5.41) is 0.945. The Labute approximate surface area is 169 Å². The quantitative estimate of drug-likeness (QED) is 0.470. The molecule has 0 atom stereocenters. The molecule has 1 aromatic carbocycles. The Morgan fingerprint density at radius 3 is 2.90 bits per heavy atom. The molecule has 0 spiro atoms. The standard InChI is InChI=1S/C23H24N2O4/c1-3-25(13-11-20(26)28-4-2)16-8-10-17-18-9-7-15-6-5-12-24-22(15)21(18)23(27)29-19(17)14-16/h5-6,8,10,12,14H,3-4,7,9,11,13H2,1-2H3. The van der Waals surface area contributed by atoms with Gasteiger partial charge in [0.25, 0.3) is 0 Å². The molecule has 0 N–H and O–H groups in total. The smallest absolute Gasteiger partial charge is 0.346 e. The van der Waals surface area contributed by atoms with Crippen LogP contribution in [0.1, 0.15) is 31.4 Å². The van der Waals surface area contributed by atoms with Crippen molar-refractivity contribution in [1.82, 2.24) is 4.98 Å². The van der Waals surface area contributed by atoms with Crippen molar-refractivity contribution in [3.63, 3.8) is 0 Å². The number of anilines is 1. The minimum Gasteiger partial charge on any atom is -0.466 e. The molecule has 0 radical (unpaired) electrons. The maximum absolute atomic E-state index is 12.8. The molecule has 2 heterocycles. The molecule has 0 aliphatic heterocycles. The van der Waals surface area contributed by atoms with Crippen LogP contribution in [-0.2, 0) is 22.4 Å². The molecular formula is C23H24N2O4. The van der Waals surface area contributed by atoms with Gasteiger partial charge in [-0.1, -0.05) is 6.07 Å². The van der Waals surface area contributed by atoms with Gasteiger partial charge in [0.15, 0.2) is 0 Å². The Bertz CT molecular complexity index is 1120. The van der Waals surface area contributed by atoms with Gasteiger partial charge < -0.3 is 14.1 Å². The van der Waals surface area contributed by atoms with Gasteiger partial charge in [-0.15, -0.1) is 0 Å². The van der Waals surface area contributed by atoms with Crippen molar-refractivity contribution in [2.75, 3.05) is 24.6 Å². The van der Waals surface area contributed by atoms with Gasteiger partial charge in [-0.25, -0.2) is 4.79 Å². The number of hydrogen-bond donors (Lipinski definition) is 0. The predicted molar refractivity (Wildman–Crippen MR) is 112 cm³/mol. The third kappa shape index (κ3) is 3.62. The Hall–Kier alpha value is -3.15. The van der Waals surface area contributed by atoms with E-state index in [0.29, 0.717) is 30.7 Å². The van der Waals surface area contributed by atoms with Crippen LogP contribution in [0.15, 0.2) is 45.7 Å². The van der Waals surface area contributed by atoms with Gasteiger partial charge in [-0.05, 0) is 56.0 Å². The molecule has 1 aliphatic rings. The van der Waals surface area contributed by atoms with Crippen molar-refractivity contribution >= 4 is 22.6 Å². The number of hydrogen-bond acceptors (Lipinski definition) is 6. The number of carbonyl (C=O) groups excluding carboxylic acids is 1. The molecule has 29 heavy (non-hydrogen) atoms. The lowest BCUT2D eigenvalue weighted by molar-refractivity contribution is -0.142. The Balaban J connectivity index is 1.71. The van der Waals surface area contributed by atoms with E-state index in [1.165, 1.54) is 0 Å². The first kappa shape index (κ1) is 19.2. The van der Waals surface area contributed by atoms with Crippen molar-refractivity contribution in [2.45, 2.75) is 33.1 Å². The monoisotopic (exact) mass is 392 g/mol. The predicted octanol–water partition coefficient (Wildman–Crippen LogP) is 3.73. The SMILES string of the molecule is CCOC(=O)CCN(CC)c1ccc2c3c(c(=O)oc2c1)-c1ncccc1CC3. The fourth-order valence-electron chi connectivity index (χ4n) is 4.00. The Morgan fingerprint density at radius 2 is 2.10 bits per heavy atom. The minimum absolute atomic E-state index is 0.210. The second kappa shape index (κ2) is 8.07. The molecular weight excluding hydrogens is 368 g/mol. The highest BCUT2D eigenvalue weighted by atomic mass is 16.5. The number of rotatable bonds is 6. The number of esters is 1. The van der Waals surface area contributed by atoms with Crippen molar-refractivity contribution in [1.29, 1.82) is 0 Å². The molecule has 2 aromatic heterocycles. The molecule has 6 heteroatoms. The number of pyridine rings is 1. The fraction of sp³-hybridized carbons (Fsp3) is 0.348. The zero-order valence-electron chi connectivity index (χ0n) is 16.7. The number of aromatic nitrogens is 1. The molecule has 0 fully saturated rings. The summed E-state index contributed by atoms with van der Waals surface area (Å²) in [4.78, 5) is 31.0. The lowest BCUT2D eigenvalue weighted by atomic mass is 9.88. The maximum atomic E-state index is 12.8. The van der Waals surface area contributed by atoms with Crippen LogP contribution in [0.2, 0.25) is 0 Å². The van der Waals surface area contributed by atoms with Crippen molar-refractivity contribution in [3.8, 4) is 11.3 Å². The van der Waals surface area contributed by atoms with Crippen LogP contribution < -0.4 is 10.5 Å². The average Bonchev–Trinajstić information content (AvgIpc) is 2.73. The first-order valence-corrected chi connectivity index (χ1v) is 10.1. The van der Waals surface area contributed by atoms with Crippen molar-refractivity contribution in [2.24, 2.45) is 0 Å². The Morgan fingerprint density at radius 1 is 1.24 bits per heavy atom. The summed E-state index contributed by atoms with van der Waals surface area (Å²) < 4.78 is 10.7. The molecule has 150 valence electrons. The number of fused-ring (bicyclic) bond motifs is 5. The van der Waals surface area contributed by atoms with Crippen LogP contribution in [0.4, 0.5) is 5.69 Å². The first-order valence-electron chi connectivity index (χ1n) is 10.1. The highest BCUT2D eigenvalue weighted by Crippen LogP contribution is 2.34. The highest BCUT2D eigenvalue weighted by molar-refractivity contribution is 5.89. The van der Waals surface area contributed by atoms with E-state index < -0.39 is 0 Å². The molecule has 0 saturated heterocycles. The minimum atomic E-state index is -0.348. The molecule has 4 rings (SSSR count). The van der Waals surface area contributed by atoms with E-state index in [4.69, 9.17) is 9.15 Å². The van der Waals surface area contributed by atoms with Crippen LogP contribution in [-0.4, -0.2) is 30.6 Å². The van der Waals surface area contributed by atoms with Gasteiger partial charge in [0, 0.05) is 36.4 Å². The molecule has 0 unspecified atom stereocenters. The van der Waals surface area contributed by atoms with Crippen molar-refractivity contribution in [3.05, 3.63) is 58.1 Å². The number of benzene rings is 1. The summed E-state index contributed by atoms with van der Waals surface area (Å²) in [7, 11) is 0. The van der Waals surface area contributed by atoms with E-state index >= 15 is 0 Å². The highest BCUT2D eigenvalue weighted by Gasteiger charge is 2.24. The molecule has 0 bridgehead atoms. The van der Waals surface area contributed by atoms with Crippen LogP contribution in [0, 0.1) is 0 Å². The fourth-order valence-corrected chi connectivity index (χ4v) is 4.00.